The van der Waals surface area contributed by atoms with Gasteiger partial charge >= 0.3 is 0 Å². The summed E-state index contributed by atoms with van der Waals surface area (Å²) >= 11 is 0. The molecule has 6 heteroatoms. The molecule has 1 aromatic rings. The van der Waals surface area contributed by atoms with Crippen LogP contribution in [0, 0.1) is 11.7 Å². The zero-order valence-corrected chi connectivity index (χ0v) is 10.2. The lowest BCUT2D eigenvalue weighted by Crippen LogP contribution is -2.47. The number of nitrogens with one attached hydrogen (secondary N) is 1. The number of carbonyl (C=O) groups is 2. The molecule has 1 atom stereocenters. The molecule has 0 spiro atoms. The molecule has 1 rings (SSSR count). The van der Waals surface area contributed by atoms with Crippen LogP contribution in [0.5, 0.6) is 0 Å². The maximum atomic E-state index is 13.1. The molecule has 1 aromatic carbocycles. The average molecular weight is 253 g/mol. The van der Waals surface area contributed by atoms with E-state index < -0.39 is 23.7 Å². The molecule has 0 radical (unpaired) electrons. The monoisotopic (exact) mass is 253 g/mol. The van der Waals surface area contributed by atoms with Gasteiger partial charge in [0, 0.05) is 11.3 Å². The molecule has 18 heavy (non-hydrogen) atoms. The van der Waals surface area contributed by atoms with Crippen LogP contribution in [-0.4, -0.2) is 17.9 Å². The summed E-state index contributed by atoms with van der Waals surface area (Å²) in [5, 5.41) is 2.45. The van der Waals surface area contributed by atoms with Gasteiger partial charge in [0.15, 0.2) is 0 Å². The van der Waals surface area contributed by atoms with E-state index in [0.717, 1.165) is 12.1 Å². The maximum absolute atomic E-state index is 13.1. The van der Waals surface area contributed by atoms with Gasteiger partial charge < -0.3 is 16.8 Å². The Morgan fingerprint density at radius 1 is 1.28 bits per heavy atom. The highest BCUT2D eigenvalue weighted by Crippen LogP contribution is 2.11. The molecule has 0 aliphatic rings. The topological polar surface area (TPSA) is 98.2 Å². The molecule has 0 aliphatic carbocycles. The second kappa shape index (κ2) is 5.48. The standard InChI is InChI=1S/C12H16FN3O2/c1-6(2)10(11(15)17)16-12(18)7-3-8(13)5-9(14)4-7/h3-6,10H,14H2,1-2H3,(H2,15,17)(H,16,18). The number of halogens is 1. The number of carbonyl (C=O) groups excluding carboxylic acids is 2. The molecular formula is C12H16FN3O2. The van der Waals surface area contributed by atoms with Crippen LogP contribution >= 0.6 is 0 Å². The van der Waals surface area contributed by atoms with Crippen molar-refractivity contribution in [2.45, 2.75) is 19.9 Å². The Labute approximate surface area is 104 Å². The molecule has 5 N–H and O–H groups in total. The normalized spacial score (nSPS) is 12.2. The van der Waals surface area contributed by atoms with Gasteiger partial charge in [-0.3, -0.25) is 9.59 Å². The Kier molecular flexibility index (Phi) is 4.25. The molecular weight excluding hydrogens is 237 g/mol. The first kappa shape index (κ1) is 14.0. The van der Waals surface area contributed by atoms with Gasteiger partial charge in [0.1, 0.15) is 11.9 Å². The first-order chi connectivity index (χ1) is 8.31. The number of hydrogen-bond acceptors (Lipinski definition) is 3. The summed E-state index contributed by atoms with van der Waals surface area (Å²) in [5.74, 6) is -1.99. The second-order valence-electron chi connectivity index (χ2n) is 4.37. The number of rotatable bonds is 4. The van der Waals surface area contributed by atoms with Crippen molar-refractivity contribution in [2.24, 2.45) is 11.7 Å². The number of hydrogen-bond donors (Lipinski definition) is 3. The summed E-state index contributed by atoms with van der Waals surface area (Å²) in [5.41, 5.74) is 10.8. The van der Waals surface area contributed by atoms with Gasteiger partial charge in [-0.05, 0) is 24.1 Å². The first-order valence-corrected chi connectivity index (χ1v) is 5.47. The zero-order chi connectivity index (χ0) is 13.9. The predicted octanol–water partition coefficient (Wildman–Crippen LogP) is 0.648. The van der Waals surface area contributed by atoms with Crippen LogP contribution in [0.4, 0.5) is 10.1 Å². The van der Waals surface area contributed by atoms with Gasteiger partial charge in [0.2, 0.25) is 5.91 Å². The molecule has 1 unspecified atom stereocenters. The zero-order valence-electron chi connectivity index (χ0n) is 10.2. The molecule has 0 aliphatic heterocycles. The van der Waals surface area contributed by atoms with Crippen LogP contribution in [0.25, 0.3) is 0 Å². The lowest BCUT2D eigenvalue weighted by atomic mass is 10.0. The number of amides is 2. The highest BCUT2D eigenvalue weighted by Gasteiger charge is 2.22. The molecule has 2 amide bonds. The fourth-order valence-electron chi connectivity index (χ4n) is 1.53. The molecule has 0 fully saturated rings. The van der Waals surface area contributed by atoms with Crippen LogP contribution in [-0.2, 0) is 4.79 Å². The van der Waals surface area contributed by atoms with Crippen LogP contribution in [0.1, 0.15) is 24.2 Å². The van der Waals surface area contributed by atoms with Crippen molar-refractivity contribution in [1.29, 1.82) is 0 Å². The van der Waals surface area contributed by atoms with Gasteiger partial charge in [-0.2, -0.15) is 0 Å². The third-order valence-corrected chi connectivity index (χ3v) is 2.44. The molecule has 5 nitrogen and oxygen atoms in total. The van der Waals surface area contributed by atoms with E-state index >= 15 is 0 Å². The highest BCUT2D eigenvalue weighted by atomic mass is 19.1. The van der Waals surface area contributed by atoms with Crippen molar-refractivity contribution in [2.75, 3.05) is 5.73 Å². The number of nitrogen functional groups attached to an aromatic ring is 1. The van der Waals surface area contributed by atoms with Gasteiger partial charge in [0.25, 0.3) is 5.91 Å². The lowest BCUT2D eigenvalue weighted by molar-refractivity contribution is -0.120. The van der Waals surface area contributed by atoms with Crippen molar-refractivity contribution >= 4 is 17.5 Å². The van der Waals surface area contributed by atoms with Crippen LogP contribution in [0.3, 0.4) is 0 Å². The third-order valence-electron chi connectivity index (χ3n) is 2.44. The SMILES string of the molecule is CC(C)C(NC(=O)c1cc(N)cc(F)c1)C(N)=O. The quantitative estimate of drug-likeness (QED) is 0.687. The minimum Gasteiger partial charge on any atom is -0.399 e. The fourth-order valence-corrected chi connectivity index (χ4v) is 1.53. The van der Waals surface area contributed by atoms with E-state index in [1.165, 1.54) is 6.07 Å². The highest BCUT2D eigenvalue weighted by molar-refractivity contribution is 5.98. The van der Waals surface area contributed by atoms with Gasteiger partial charge in [0.05, 0.1) is 0 Å². The Hall–Kier alpha value is -2.11. The van der Waals surface area contributed by atoms with E-state index in [1.54, 1.807) is 13.8 Å². The first-order valence-electron chi connectivity index (χ1n) is 5.47. The van der Waals surface area contributed by atoms with Crippen molar-refractivity contribution < 1.29 is 14.0 Å². The Bertz CT molecular complexity index is 454. The number of benzene rings is 1. The van der Waals surface area contributed by atoms with Crippen molar-refractivity contribution in [3.63, 3.8) is 0 Å². The average Bonchev–Trinajstić information content (AvgIpc) is 2.23. The van der Waals surface area contributed by atoms with Gasteiger partial charge in [-0.15, -0.1) is 0 Å². The Morgan fingerprint density at radius 3 is 2.33 bits per heavy atom. The van der Waals surface area contributed by atoms with E-state index in [2.05, 4.69) is 5.32 Å². The van der Waals surface area contributed by atoms with Gasteiger partial charge in [-0.1, -0.05) is 13.8 Å². The van der Waals surface area contributed by atoms with E-state index in [1.807, 2.05) is 0 Å². The maximum Gasteiger partial charge on any atom is 0.252 e. The van der Waals surface area contributed by atoms with E-state index in [4.69, 9.17) is 11.5 Å². The predicted molar refractivity (Wildman–Crippen MR) is 66.1 cm³/mol. The van der Waals surface area contributed by atoms with Crippen molar-refractivity contribution in [3.05, 3.63) is 29.6 Å². The lowest BCUT2D eigenvalue weighted by Gasteiger charge is -2.19. The number of primary amides is 1. The second-order valence-corrected chi connectivity index (χ2v) is 4.37. The van der Waals surface area contributed by atoms with E-state index in [-0.39, 0.29) is 17.2 Å². The molecule has 0 saturated carbocycles. The summed E-state index contributed by atoms with van der Waals surface area (Å²) in [7, 11) is 0. The van der Waals surface area contributed by atoms with E-state index in [9.17, 15) is 14.0 Å². The summed E-state index contributed by atoms with van der Waals surface area (Å²) < 4.78 is 13.1. The molecule has 98 valence electrons. The van der Waals surface area contributed by atoms with Crippen molar-refractivity contribution in [1.82, 2.24) is 5.32 Å². The summed E-state index contributed by atoms with van der Waals surface area (Å²) in [6.07, 6.45) is 0. The third kappa shape index (κ3) is 3.44. The fraction of sp³-hybridized carbons (Fsp3) is 0.333. The van der Waals surface area contributed by atoms with Crippen LogP contribution in [0.15, 0.2) is 18.2 Å². The molecule has 0 aromatic heterocycles. The Morgan fingerprint density at radius 2 is 1.89 bits per heavy atom. The molecule has 0 saturated heterocycles. The summed E-state index contributed by atoms with van der Waals surface area (Å²) in [6.45, 7) is 3.49. The van der Waals surface area contributed by atoms with Crippen molar-refractivity contribution in [3.8, 4) is 0 Å². The van der Waals surface area contributed by atoms with E-state index in [0.29, 0.717) is 0 Å². The number of nitrogens with two attached hydrogens (primary N) is 2. The number of anilines is 1. The minimum atomic E-state index is -0.804. The smallest absolute Gasteiger partial charge is 0.252 e. The molecule has 0 bridgehead atoms. The summed E-state index contributed by atoms with van der Waals surface area (Å²) in [4.78, 5) is 23.0. The van der Waals surface area contributed by atoms with Gasteiger partial charge in [-0.25, -0.2) is 4.39 Å². The largest absolute Gasteiger partial charge is 0.399 e. The van der Waals surface area contributed by atoms with Crippen LogP contribution in [0.2, 0.25) is 0 Å². The Balaban J connectivity index is 2.90. The molecule has 0 heterocycles. The summed E-state index contributed by atoms with van der Waals surface area (Å²) in [6, 6.07) is 2.67. The van der Waals surface area contributed by atoms with Crippen LogP contribution < -0.4 is 16.8 Å². The minimum absolute atomic E-state index is 0.0550.